The molecule has 0 aliphatic heterocycles. The molecule has 4 nitrogen and oxygen atoms in total. The van der Waals surface area contributed by atoms with E-state index < -0.39 is 0 Å². The molecule has 28 heavy (non-hydrogen) atoms. The number of nitrogens with one attached hydrogen (secondary N) is 1. The summed E-state index contributed by atoms with van der Waals surface area (Å²) in [5.74, 6) is -0.158. The number of ether oxygens (including phenoxy) is 1. The van der Waals surface area contributed by atoms with Crippen molar-refractivity contribution in [1.82, 2.24) is 0 Å². The van der Waals surface area contributed by atoms with Crippen LogP contribution in [0.2, 0.25) is 10.0 Å². The second-order valence-electron chi connectivity index (χ2n) is 5.77. The lowest BCUT2D eigenvalue weighted by Crippen LogP contribution is -2.20. The van der Waals surface area contributed by atoms with Crippen molar-refractivity contribution < 1.29 is 13.9 Å². The molecule has 3 aromatic rings. The molecule has 0 aliphatic carbocycles. The summed E-state index contributed by atoms with van der Waals surface area (Å²) in [7, 11) is 0. The van der Waals surface area contributed by atoms with Gasteiger partial charge in [0.2, 0.25) is 0 Å². The third kappa shape index (κ3) is 5.81. The first-order valence-corrected chi connectivity index (χ1v) is 9.02. The minimum Gasteiger partial charge on any atom is -0.484 e. The van der Waals surface area contributed by atoms with E-state index in [0.29, 0.717) is 27.2 Å². The monoisotopic (exact) mass is 416 g/mol. The van der Waals surface area contributed by atoms with Gasteiger partial charge in [-0.25, -0.2) is 4.39 Å². The summed E-state index contributed by atoms with van der Waals surface area (Å²) < 4.78 is 18.3. The van der Waals surface area contributed by atoms with Crippen LogP contribution in [0.5, 0.6) is 5.75 Å². The standard InChI is InChI=1S/C21H15Cl2FN2O2/c22-19-10-7-17(11-20(19)23)25-12-14-1-8-18(9-2-14)28-13-21(27)26-16-5-3-15(24)4-6-16/h1-12H,13H2,(H,26,27). The Kier molecular flexibility index (Phi) is 6.63. The molecule has 0 spiro atoms. The number of carbonyl (C=O) groups is 1. The first-order chi connectivity index (χ1) is 13.5. The number of carbonyl (C=O) groups excluding carboxylic acids is 1. The maximum atomic E-state index is 12.9. The first kappa shape index (κ1) is 19.9. The highest BCUT2D eigenvalue weighted by Crippen LogP contribution is 2.26. The summed E-state index contributed by atoms with van der Waals surface area (Å²) in [4.78, 5) is 16.2. The van der Waals surface area contributed by atoms with Crippen molar-refractivity contribution in [2.24, 2.45) is 4.99 Å². The third-order valence-electron chi connectivity index (χ3n) is 3.64. The number of halogens is 3. The molecule has 0 unspecified atom stereocenters. The summed E-state index contributed by atoms with van der Waals surface area (Å²) in [6.45, 7) is -0.159. The number of anilines is 1. The molecular formula is C21H15Cl2FN2O2. The van der Waals surface area contributed by atoms with Crippen molar-refractivity contribution in [3.63, 3.8) is 0 Å². The minimum absolute atomic E-state index is 0.159. The van der Waals surface area contributed by atoms with Gasteiger partial charge in [0.05, 0.1) is 15.7 Å². The van der Waals surface area contributed by atoms with Crippen molar-refractivity contribution in [2.75, 3.05) is 11.9 Å². The van der Waals surface area contributed by atoms with Crippen LogP contribution in [0.3, 0.4) is 0 Å². The van der Waals surface area contributed by atoms with Crippen molar-refractivity contribution in [3.05, 3.63) is 88.2 Å². The average Bonchev–Trinajstić information content (AvgIpc) is 2.70. The Bertz CT molecular complexity index is 990. The van der Waals surface area contributed by atoms with Crippen LogP contribution in [-0.4, -0.2) is 18.7 Å². The SMILES string of the molecule is O=C(COc1ccc(C=Nc2ccc(Cl)c(Cl)c2)cc1)Nc1ccc(F)cc1. The molecule has 0 saturated heterocycles. The molecule has 0 fully saturated rings. The van der Waals surface area contributed by atoms with E-state index in [4.69, 9.17) is 27.9 Å². The van der Waals surface area contributed by atoms with E-state index in [2.05, 4.69) is 10.3 Å². The van der Waals surface area contributed by atoms with Crippen LogP contribution in [0.1, 0.15) is 5.56 Å². The van der Waals surface area contributed by atoms with E-state index in [9.17, 15) is 9.18 Å². The molecule has 3 rings (SSSR count). The van der Waals surface area contributed by atoms with E-state index in [1.807, 2.05) is 12.1 Å². The number of hydrogen-bond acceptors (Lipinski definition) is 3. The van der Waals surface area contributed by atoms with Gasteiger partial charge >= 0.3 is 0 Å². The van der Waals surface area contributed by atoms with Gasteiger partial charge in [0.1, 0.15) is 11.6 Å². The molecule has 1 amide bonds. The largest absolute Gasteiger partial charge is 0.484 e. The molecular weight excluding hydrogens is 402 g/mol. The zero-order valence-electron chi connectivity index (χ0n) is 14.5. The van der Waals surface area contributed by atoms with Crippen LogP contribution < -0.4 is 10.1 Å². The fraction of sp³-hybridized carbons (Fsp3) is 0.0476. The van der Waals surface area contributed by atoms with Gasteiger partial charge in [0.15, 0.2) is 6.61 Å². The molecule has 3 aromatic carbocycles. The lowest BCUT2D eigenvalue weighted by molar-refractivity contribution is -0.118. The zero-order chi connectivity index (χ0) is 19.9. The summed E-state index contributed by atoms with van der Waals surface area (Å²) in [6.07, 6.45) is 1.69. The Labute approximate surface area is 171 Å². The lowest BCUT2D eigenvalue weighted by atomic mass is 10.2. The van der Waals surface area contributed by atoms with Crippen LogP contribution >= 0.6 is 23.2 Å². The van der Waals surface area contributed by atoms with Crippen LogP contribution in [0, 0.1) is 5.82 Å². The Morgan fingerprint density at radius 1 is 1.00 bits per heavy atom. The molecule has 0 aromatic heterocycles. The zero-order valence-corrected chi connectivity index (χ0v) is 16.0. The summed E-state index contributed by atoms with van der Waals surface area (Å²) in [6, 6.07) is 17.7. The molecule has 0 saturated carbocycles. The van der Waals surface area contributed by atoms with Crippen molar-refractivity contribution in [2.45, 2.75) is 0 Å². The predicted octanol–water partition coefficient (Wildman–Crippen LogP) is 5.90. The number of hydrogen-bond donors (Lipinski definition) is 1. The van der Waals surface area contributed by atoms with Crippen LogP contribution in [0.15, 0.2) is 71.7 Å². The minimum atomic E-state index is -0.364. The fourth-order valence-corrected chi connectivity index (χ4v) is 2.54. The van der Waals surface area contributed by atoms with Gasteiger partial charge in [-0.15, -0.1) is 0 Å². The van der Waals surface area contributed by atoms with Gasteiger partial charge in [-0.05, 0) is 72.3 Å². The number of aliphatic imine (C=N–C) groups is 1. The second kappa shape index (κ2) is 9.35. The quantitative estimate of drug-likeness (QED) is 0.508. The summed E-state index contributed by atoms with van der Waals surface area (Å²) in [5, 5.41) is 3.55. The molecule has 1 N–H and O–H groups in total. The lowest BCUT2D eigenvalue weighted by Gasteiger charge is -2.07. The molecule has 0 heterocycles. The maximum absolute atomic E-state index is 12.9. The Morgan fingerprint density at radius 2 is 1.71 bits per heavy atom. The smallest absolute Gasteiger partial charge is 0.262 e. The summed E-state index contributed by atoms with van der Waals surface area (Å²) >= 11 is 11.8. The van der Waals surface area contributed by atoms with Gasteiger partial charge in [-0.3, -0.25) is 9.79 Å². The normalized spacial score (nSPS) is 10.8. The van der Waals surface area contributed by atoms with Crippen LogP contribution in [0.25, 0.3) is 0 Å². The van der Waals surface area contributed by atoms with Crippen LogP contribution in [-0.2, 0) is 4.79 Å². The summed E-state index contributed by atoms with van der Waals surface area (Å²) in [5.41, 5.74) is 2.05. The number of amides is 1. The molecule has 142 valence electrons. The van der Waals surface area contributed by atoms with Gasteiger partial charge in [-0.2, -0.15) is 0 Å². The van der Waals surface area contributed by atoms with Crippen molar-refractivity contribution in [1.29, 1.82) is 0 Å². The molecule has 0 atom stereocenters. The highest BCUT2D eigenvalue weighted by Gasteiger charge is 2.04. The van der Waals surface area contributed by atoms with Gasteiger partial charge < -0.3 is 10.1 Å². The maximum Gasteiger partial charge on any atom is 0.262 e. The Hall–Kier alpha value is -2.89. The van der Waals surface area contributed by atoms with E-state index in [0.717, 1.165) is 5.56 Å². The topological polar surface area (TPSA) is 50.7 Å². The van der Waals surface area contributed by atoms with Gasteiger partial charge in [-0.1, -0.05) is 23.2 Å². The van der Waals surface area contributed by atoms with Crippen molar-refractivity contribution >= 4 is 46.7 Å². The first-order valence-electron chi connectivity index (χ1n) is 8.27. The Balaban J connectivity index is 1.52. The van der Waals surface area contributed by atoms with E-state index in [1.165, 1.54) is 24.3 Å². The fourth-order valence-electron chi connectivity index (χ4n) is 2.24. The van der Waals surface area contributed by atoms with Gasteiger partial charge in [0, 0.05) is 11.9 Å². The van der Waals surface area contributed by atoms with E-state index in [-0.39, 0.29) is 18.3 Å². The third-order valence-corrected chi connectivity index (χ3v) is 4.38. The highest BCUT2D eigenvalue weighted by molar-refractivity contribution is 6.42. The number of benzene rings is 3. The Morgan fingerprint density at radius 3 is 2.39 bits per heavy atom. The van der Waals surface area contributed by atoms with Gasteiger partial charge in [0.25, 0.3) is 5.91 Å². The number of nitrogens with zero attached hydrogens (tertiary/aromatic N) is 1. The van der Waals surface area contributed by atoms with E-state index >= 15 is 0 Å². The van der Waals surface area contributed by atoms with E-state index in [1.54, 1.807) is 36.5 Å². The second-order valence-corrected chi connectivity index (χ2v) is 6.58. The molecule has 0 bridgehead atoms. The molecule has 7 heteroatoms. The highest BCUT2D eigenvalue weighted by atomic mass is 35.5. The molecule has 0 aliphatic rings. The van der Waals surface area contributed by atoms with Crippen LogP contribution in [0.4, 0.5) is 15.8 Å². The number of rotatable bonds is 6. The van der Waals surface area contributed by atoms with Crippen molar-refractivity contribution in [3.8, 4) is 5.75 Å². The predicted molar refractivity (Wildman–Crippen MR) is 111 cm³/mol. The average molecular weight is 417 g/mol. The molecule has 0 radical (unpaired) electrons.